The van der Waals surface area contributed by atoms with Gasteiger partial charge in [0.05, 0.1) is 13.2 Å². The molecule has 1 saturated heterocycles. The molecular weight excluding hydrogens is 276 g/mol. The summed E-state index contributed by atoms with van der Waals surface area (Å²) in [5.41, 5.74) is 8.31. The van der Waals surface area contributed by atoms with E-state index in [1.165, 1.54) is 11.1 Å². The van der Waals surface area contributed by atoms with Crippen LogP contribution in [0.1, 0.15) is 17.5 Å². The van der Waals surface area contributed by atoms with Gasteiger partial charge in [0, 0.05) is 24.8 Å². The van der Waals surface area contributed by atoms with Crippen molar-refractivity contribution in [1.29, 1.82) is 0 Å². The van der Waals surface area contributed by atoms with Gasteiger partial charge in [-0.25, -0.2) is 4.98 Å². The van der Waals surface area contributed by atoms with Crippen molar-refractivity contribution >= 4 is 11.8 Å². The molecule has 1 aromatic carbocycles. The second-order valence-corrected chi connectivity index (χ2v) is 5.52. The van der Waals surface area contributed by atoms with Gasteiger partial charge in [-0.15, -0.1) is 0 Å². The quantitative estimate of drug-likeness (QED) is 0.915. The molecule has 2 N–H and O–H groups in total. The van der Waals surface area contributed by atoms with Crippen LogP contribution in [0, 0.1) is 0 Å². The smallest absolute Gasteiger partial charge is 0.221 e. The number of benzene rings is 1. The number of ether oxygens (including phenoxy) is 1. The van der Waals surface area contributed by atoms with E-state index in [-0.39, 0.29) is 0 Å². The SMILES string of the molecule is Nc1ncc(CCCc2ccccc2)c(N2CCOCC2)n1. The molecule has 1 fully saturated rings. The number of anilines is 2. The first kappa shape index (κ1) is 14.8. The maximum atomic E-state index is 5.77. The zero-order valence-corrected chi connectivity index (χ0v) is 12.7. The summed E-state index contributed by atoms with van der Waals surface area (Å²) in [6.45, 7) is 3.21. The predicted octanol–water partition coefficient (Wildman–Crippen LogP) is 2.07. The van der Waals surface area contributed by atoms with Crippen LogP contribution in [-0.4, -0.2) is 36.3 Å². The van der Waals surface area contributed by atoms with E-state index in [1.807, 2.05) is 12.3 Å². The Labute approximate surface area is 131 Å². The average Bonchev–Trinajstić information content (AvgIpc) is 2.58. The van der Waals surface area contributed by atoms with Gasteiger partial charge in [-0.05, 0) is 24.8 Å². The molecule has 0 aliphatic carbocycles. The number of hydrogen-bond donors (Lipinski definition) is 1. The van der Waals surface area contributed by atoms with Crippen molar-refractivity contribution in [2.24, 2.45) is 0 Å². The maximum absolute atomic E-state index is 5.77. The zero-order chi connectivity index (χ0) is 15.2. The molecule has 0 radical (unpaired) electrons. The summed E-state index contributed by atoms with van der Waals surface area (Å²) in [7, 11) is 0. The molecule has 1 aliphatic rings. The van der Waals surface area contributed by atoms with Crippen molar-refractivity contribution < 1.29 is 4.74 Å². The summed E-state index contributed by atoms with van der Waals surface area (Å²) in [6, 6.07) is 10.6. The average molecular weight is 298 g/mol. The minimum atomic E-state index is 0.341. The van der Waals surface area contributed by atoms with Gasteiger partial charge < -0.3 is 15.4 Å². The van der Waals surface area contributed by atoms with Crippen LogP contribution in [0.2, 0.25) is 0 Å². The fourth-order valence-electron chi connectivity index (χ4n) is 2.76. The molecule has 0 saturated carbocycles. The van der Waals surface area contributed by atoms with Crippen molar-refractivity contribution in [2.45, 2.75) is 19.3 Å². The first-order valence-electron chi connectivity index (χ1n) is 7.81. The fraction of sp³-hybridized carbons (Fsp3) is 0.412. The van der Waals surface area contributed by atoms with Crippen molar-refractivity contribution in [3.63, 3.8) is 0 Å². The second kappa shape index (κ2) is 7.22. The lowest BCUT2D eigenvalue weighted by atomic mass is 10.1. The molecular formula is C17H22N4O. The van der Waals surface area contributed by atoms with Crippen LogP contribution in [0.15, 0.2) is 36.5 Å². The molecule has 1 aliphatic heterocycles. The Hall–Kier alpha value is -2.14. The van der Waals surface area contributed by atoms with E-state index in [4.69, 9.17) is 10.5 Å². The molecule has 3 rings (SSSR count). The Kier molecular flexibility index (Phi) is 4.85. The molecule has 116 valence electrons. The predicted molar refractivity (Wildman–Crippen MR) is 87.9 cm³/mol. The minimum absolute atomic E-state index is 0.341. The number of hydrogen-bond acceptors (Lipinski definition) is 5. The van der Waals surface area contributed by atoms with Crippen molar-refractivity contribution in [2.75, 3.05) is 36.9 Å². The first-order valence-corrected chi connectivity index (χ1v) is 7.81. The van der Waals surface area contributed by atoms with E-state index in [9.17, 15) is 0 Å². The third-order valence-electron chi connectivity index (χ3n) is 3.93. The van der Waals surface area contributed by atoms with Crippen molar-refractivity contribution in [3.8, 4) is 0 Å². The fourth-order valence-corrected chi connectivity index (χ4v) is 2.76. The summed E-state index contributed by atoms with van der Waals surface area (Å²) in [4.78, 5) is 10.9. The number of nitrogens with two attached hydrogens (primary N) is 1. The first-order chi connectivity index (χ1) is 10.8. The van der Waals surface area contributed by atoms with Crippen LogP contribution in [0.5, 0.6) is 0 Å². The third kappa shape index (κ3) is 3.74. The van der Waals surface area contributed by atoms with Crippen molar-refractivity contribution in [1.82, 2.24) is 9.97 Å². The molecule has 0 spiro atoms. The van der Waals surface area contributed by atoms with Gasteiger partial charge in [0.25, 0.3) is 0 Å². The van der Waals surface area contributed by atoms with Crippen LogP contribution in [-0.2, 0) is 17.6 Å². The number of aromatic nitrogens is 2. The molecule has 0 atom stereocenters. The van der Waals surface area contributed by atoms with Crippen LogP contribution < -0.4 is 10.6 Å². The maximum Gasteiger partial charge on any atom is 0.221 e. The highest BCUT2D eigenvalue weighted by molar-refractivity contribution is 5.49. The van der Waals surface area contributed by atoms with Gasteiger partial charge in [0.1, 0.15) is 5.82 Å². The Balaban J connectivity index is 1.67. The molecule has 5 heteroatoms. The van der Waals surface area contributed by atoms with E-state index < -0.39 is 0 Å². The lowest BCUT2D eigenvalue weighted by Gasteiger charge is -2.29. The number of nitrogen functional groups attached to an aromatic ring is 1. The van der Waals surface area contributed by atoms with Gasteiger partial charge in [-0.3, -0.25) is 0 Å². The third-order valence-corrected chi connectivity index (χ3v) is 3.93. The molecule has 5 nitrogen and oxygen atoms in total. The highest BCUT2D eigenvalue weighted by Gasteiger charge is 2.17. The van der Waals surface area contributed by atoms with Gasteiger partial charge in [0.2, 0.25) is 5.95 Å². The largest absolute Gasteiger partial charge is 0.378 e. The Bertz CT molecular complexity index is 597. The number of morpholine rings is 1. The number of rotatable bonds is 5. The van der Waals surface area contributed by atoms with Crippen molar-refractivity contribution in [3.05, 3.63) is 47.7 Å². The lowest BCUT2D eigenvalue weighted by molar-refractivity contribution is 0.122. The van der Waals surface area contributed by atoms with Gasteiger partial charge >= 0.3 is 0 Å². The highest BCUT2D eigenvalue weighted by atomic mass is 16.5. The number of nitrogens with zero attached hydrogens (tertiary/aromatic N) is 3. The van der Waals surface area contributed by atoms with E-state index in [2.05, 4.69) is 39.1 Å². The molecule has 2 aromatic rings. The van der Waals surface area contributed by atoms with Crippen LogP contribution in [0.4, 0.5) is 11.8 Å². The molecule has 1 aromatic heterocycles. The van der Waals surface area contributed by atoms with Gasteiger partial charge in [-0.2, -0.15) is 4.98 Å². The molecule has 0 unspecified atom stereocenters. The summed E-state index contributed by atoms with van der Waals surface area (Å²) in [5.74, 6) is 1.32. The monoisotopic (exact) mass is 298 g/mol. The van der Waals surface area contributed by atoms with Gasteiger partial charge in [0.15, 0.2) is 0 Å². The highest BCUT2D eigenvalue weighted by Crippen LogP contribution is 2.21. The van der Waals surface area contributed by atoms with Gasteiger partial charge in [-0.1, -0.05) is 30.3 Å². The molecule has 2 heterocycles. The molecule has 0 amide bonds. The summed E-state index contributed by atoms with van der Waals surface area (Å²) in [5, 5.41) is 0. The Morgan fingerprint density at radius 1 is 1.09 bits per heavy atom. The van der Waals surface area contributed by atoms with Crippen LogP contribution in [0.25, 0.3) is 0 Å². The number of aryl methyl sites for hydroxylation is 2. The molecule has 0 bridgehead atoms. The summed E-state index contributed by atoms with van der Waals surface area (Å²) >= 11 is 0. The van der Waals surface area contributed by atoms with E-state index >= 15 is 0 Å². The normalized spacial score (nSPS) is 15.0. The minimum Gasteiger partial charge on any atom is -0.378 e. The summed E-state index contributed by atoms with van der Waals surface area (Å²) < 4.78 is 5.41. The van der Waals surface area contributed by atoms with E-state index in [0.29, 0.717) is 5.95 Å². The standard InChI is InChI=1S/C17H22N4O/c18-17-19-13-15(8-4-7-14-5-2-1-3-6-14)16(20-17)21-9-11-22-12-10-21/h1-3,5-6,13H,4,7-12H2,(H2,18,19,20). The Morgan fingerprint density at radius 2 is 1.86 bits per heavy atom. The molecule has 22 heavy (non-hydrogen) atoms. The van der Waals surface area contributed by atoms with Crippen LogP contribution in [0.3, 0.4) is 0 Å². The van der Waals surface area contributed by atoms with Crippen LogP contribution >= 0.6 is 0 Å². The summed E-state index contributed by atoms with van der Waals surface area (Å²) in [6.07, 6.45) is 4.97. The zero-order valence-electron chi connectivity index (χ0n) is 12.7. The lowest BCUT2D eigenvalue weighted by Crippen LogP contribution is -2.37. The Morgan fingerprint density at radius 3 is 2.64 bits per heavy atom. The second-order valence-electron chi connectivity index (χ2n) is 5.52. The van der Waals surface area contributed by atoms with E-state index in [0.717, 1.165) is 51.4 Å². The van der Waals surface area contributed by atoms with E-state index in [1.54, 1.807) is 0 Å². The topological polar surface area (TPSA) is 64.3 Å².